The van der Waals surface area contributed by atoms with Crippen LogP contribution < -0.4 is 10.5 Å². The van der Waals surface area contributed by atoms with Gasteiger partial charge in [-0.2, -0.15) is 0 Å². The molecule has 21 heavy (non-hydrogen) atoms. The van der Waals surface area contributed by atoms with E-state index in [1.54, 1.807) is 12.1 Å². The summed E-state index contributed by atoms with van der Waals surface area (Å²) in [6.45, 7) is 0. The van der Waals surface area contributed by atoms with Crippen LogP contribution in [0.4, 0.5) is 11.4 Å². The first-order valence-corrected chi connectivity index (χ1v) is 9.26. The van der Waals surface area contributed by atoms with Crippen LogP contribution in [0.15, 0.2) is 44.2 Å². The molecule has 0 atom stereocenters. The lowest BCUT2D eigenvalue weighted by Crippen LogP contribution is -2.15. The summed E-state index contributed by atoms with van der Waals surface area (Å²) >= 11 is 18.4. The Labute approximate surface area is 148 Å². The minimum absolute atomic E-state index is 0.0491. The molecule has 112 valence electrons. The number of rotatable bonds is 3. The highest BCUT2D eigenvalue weighted by molar-refractivity contribution is 9.10. The van der Waals surface area contributed by atoms with Gasteiger partial charge in [0.15, 0.2) is 0 Å². The third kappa shape index (κ3) is 3.65. The van der Waals surface area contributed by atoms with Gasteiger partial charge in [-0.25, -0.2) is 8.42 Å². The monoisotopic (exact) mass is 472 g/mol. The molecule has 0 radical (unpaired) electrons. The van der Waals surface area contributed by atoms with Crippen molar-refractivity contribution in [3.05, 3.63) is 49.3 Å². The summed E-state index contributed by atoms with van der Waals surface area (Å²) in [6, 6.07) is 7.65. The van der Waals surface area contributed by atoms with Crippen LogP contribution in [0.5, 0.6) is 0 Å². The number of nitrogen functional groups attached to an aromatic ring is 1. The molecule has 0 saturated carbocycles. The van der Waals surface area contributed by atoms with Crippen molar-refractivity contribution in [1.29, 1.82) is 0 Å². The molecular weight excluding hydrogens is 467 g/mol. The second kappa shape index (κ2) is 6.34. The topological polar surface area (TPSA) is 72.2 Å². The number of hydrogen-bond acceptors (Lipinski definition) is 3. The molecule has 0 aliphatic carbocycles. The Bertz CT molecular complexity index is 813. The SMILES string of the molecule is Nc1ccc(Br)cc1S(=O)(=O)Nc1ccc(Br)c(Cl)c1Cl. The summed E-state index contributed by atoms with van der Waals surface area (Å²) in [5.74, 6) is 0. The minimum Gasteiger partial charge on any atom is -0.398 e. The van der Waals surface area contributed by atoms with Crippen molar-refractivity contribution < 1.29 is 8.42 Å². The number of halogens is 4. The summed E-state index contributed by atoms with van der Waals surface area (Å²) in [6.07, 6.45) is 0. The Morgan fingerprint density at radius 2 is 1.71 bits per heavy atom. The average molecular weight is 475 g/mol. The lowest BCUT2D eigenvalue weighted by Gasteiger charge is -2.13. The lowest BCUT2D eigenvalue weighted by atomic mass is 10.3. The molecule has 0 unspecified atom stereocenters. The van der Waals surface area contributed by atoms with E-state index in [0.717, 1.165) is 0 Å². The van der Waals surface area contributed by atoms with Crippen molar-refractivity contribution >= 4 is 76.5 Å². The molecule has 2 aromatic carbocycles. The van der Waals surface area contributed by atoms with Gasteiger partial charge in [0.05, 0.1) is 21.4 Å². The van der Waals surface area contributed by atoms with E-state index in [9.17, 15) is 8.42 Å². The van der Waals surface area contributed by atoms with Crippen LogP contribution in [0, 0.1) is 0 Å². The Morgan fingerprint density at radius 1 is 1.05 bits per heavy atom. The van der Waals surface area contributed by atoms with Gasteiger partial charge in [-0.3, -0.25) is 4.72 Å². The van der Waals surface area contributed by atoms with Gasteiger partial charge >= 0.3 is 0 Å². The molecule has 0 heterocycles. The van der Waals surface area contributed by atoms with E-state index >= 15 is 0 Å². The molecule has 9 heteroatoms. The number of benzene rings is 2. The number of nitrogens with two attached hydrogens (primary N) is 1. The maximum absolute atomic E-state index is 12.4. The van der Waals surface area contributed by atoms with Crippen molar-refractivity contribution in [2.45, 2.75) is 4.90 Å². The van der Waals surface area contributed by atoms with Gasteiger partial charge in [-0.15, -0.1) is 0 Å². The molecule has 3 N–H and O–H groups in total. The van der Waals surface area contributed by atoms with Crippen LogP contribution in [0.1, 0.15) is 0 Å². The first-order valence-electron chi connectivity index (χ1n) is 5.43. The standard InChI is InChI=1S/C12H8Br2Cl2N2O2S/c13-6-1-3-8(17)10(5-6)21(19,20)18-9-4-2-7(14)11(15)12(9)16/h1-5,18H,17H2. The summed E-state index contributed by atoms with van der Waals surface area (Å²) in [7, 11) is -3.88. The van der Waals surface area contributed by atoms with Gasteiger partial charge in [-0.05, 0) is 46.3 Å². The zero-order chi connectivity index (χ0) is 15.8. The highest BCUT2D eigenvalue weighted by Gasteiger charge is 2.20. The molecule has 0 saturated heterocycles. The molecule has 0 aliphatic heterocycles. The molecule has 4 nitrogen and oxygen atoms in total. The minimum atomic E-state index is -3.88. The van der Waals surface area contributed by atoms with Crippen LogP contribution in [-0.2, 0) is 10.0 Å². The highest BCUT2D eigenvalue weighted by Crippen LogP contribution is 2.37. The van der Waals surface area contributed by atoms with E-state index in [0.29, 0.717) is 8.95 Å². The van der Waals surface area contributed by atoms with Gasteiger partial charge in [0.25, 0.3) is 10.0 Å². The molecule has 2 aromatic rings. The maximum atomic E-state index is 12.4. The number of nitrogens with one attached hydrogen (secondary N) is 1. The van der Waals surface area contributed by atoms with Crippen LogP contribution in [0.25, 0.3) is 0 Å². The fraction of sp³-hybridized carbons (Fsp3) is 0. The van der Waals surface area contributed by atoms with Crippen molar-refractivity contribution in [3.8, 4) is 0 Å². The molecule has 0 aromatic heterocycles. The number of sulfonamides is 1. The van der Waals surface area contributed by atoms with Crippen molar-refractivity contribution in [2.24, 2.45) is 0 Å². The summed E-state index contributed by atoms with van der Waals surface area (Å²) < 4.78 is 28.3. The third-order valence-corrected chi connectivity index (χ3v) is 6.23. The zero-order valence-corrected chi connectivity index (χ0v) is 15.7. The van der Waals surface area contributed by atoms with Crippen molar-refractivity contribution in [1.82, 2.24) is 0 Å². The zero-order valence-electron chi connectivity index (χ0n) is 10.2. The predicted molar refractivity (Wildman–Crippen MR) is 93.5 cm³/mol. The lowest BCUT2D eigenvalue weighted by molar-refractivity contribution is 0.601. The van der Waals surface area contributed by atoms with E-state index < -0.39 is 10.0 Å². The van der Waals surface area contributed by atoms with Gasteiger partial charge in [0, 0.05) is 8.95 Å². The molecule has 0 fully saturated rings. The Balaban J connectivity index is 2.47. The van der Waals surface area contributed by atoms with Gasteiger partial charge in [0.1, 0.15) is 4.90 Å². The van der Waals surface area contributed by atoms with E-state index in [4.69, 9.17) is 28.9 Å². The molecule has 0 spiro atoms. The van der Waals surface area contributed by atoms with Gasteiger partial charge in [-0.1, -0.05) is 39.1 Å². The van der Waals surface area contributed by atoms with E-state index in [1.165, 1.54) is 18.2 Å². The van der Waals surface area contributed by atoms with E-state index in [1.807, 2.05) is 0 Å². The summed E-state index contributed by atoms with van der Waals surface area (Å²) in [4.78, 5) is -0.0491. The normalized spacial score (nSPS) is 11.4. The fourth-order valence-electron chi connectivity index (χ4n) is 1.55. The fourth-order valence-corrected chi connectivity index (χ4v) is 4.17. The Kier molecular flexibility index (Phi) is 5.10. The Morgan fingerprint density at radius 3 is 2.38 bits per heavy atom. The van der Waals surface area contributed by atoms with Crippen molar-refractivity contribution in [2.75, 3.05) is 10.5 Å². The summed E-state index contributed by atoms with van der Waals surface area (Å²) in [5, 5.41) is 0.322. The molecule has 0 aliphatic rings. The Hall–Kier alpha value is -0.470. The first-order chi connectivity index (χ1) is 9.72. The maximum Gasteiger partial charge on any atom is 0.264 e. The third-order valence-electron chi connectivity index (χ3n) is 2.54. The van der Waals surface area contributed by atoms with Gasteiger partial charge < -0.3 is 5.73 Å². The van der Waals surface area contributed by atoms with Gasteiger partial charge in [0.2, 0.25) is 0 Å². The molecular formula is C12H8Br2Cl2N2O2S. The van der Waals surface area contributed by atoms with E-state index in [2.05, 4.69) is 36.6 Å². The highest BCUT2D eigenvalue weighted by atomic mass is 79.9. The summed E-state index contributed by atoms with van der Waals surface area (Å²) in [5.41, 5.74) is 6.01. The predicted octanol–water partition coefficient (Wildman–Crippen LogP) is 4.90. The van der Waals surface area contributed by atoms with E-state index in [-0.39, 0.29) is 26.3 Å². The molecule has 2 rings (SSSR count). The second-order valence-electron chi connectivity index (χ2n) is 4.01. The molecule has 0 amide bonds. The average Bonchev–Trinajstić information content (AvgIpc) is 2.42. The quantitative estimate of drug-likeness (QED) is 0.491. The smallest absolute Gasteiger partial charge is 0.264 e. The van der Waals surface area contributed by atoms with Crippen LogP contribution in [0.2, 0.25) is 10.0 Å². The van der Waals surface area contributed by atoms with Crippen LogP contribution in [0.3, 0.4) is 0 Å². The first kappa shape index (κ1) is 16.9. The number of anilines is 2. The van der Waals surface area contributed by atoms with Crippen molar-refractivity contribution in [3.63, 3.8) is 0 Å². The number of hydrogen-bond donors (Lipinski definition) is 2. The second-order valence-corrected chi connectivity index (χ2v) is 8.19. The van der Waals surface area contributed by atoms with Crippen LogP contribution in [-0.4, -0.2) is 8.42 Å². The largest absolute Gasteiger partial charge is 0.398 e. The van der Waals surface area contributed by atoms with Crippen LogP contribution >= 0.6 is 55.1 Å². The molecule has 0 bridgehead atoms.